The first-order valence-electron chi connectivity index (χ1n) is 4.14. The van der Waals surface area contributed by atoms with Crippen LogP contribution in [0.2, 0.25) is 0 Å². The lowest BCUT2D eigenvalue weighted by molar-refractivity contribution is 0.0985. The molecule has 1 heterocycles. The Morgan fingerprint density at radius 2 is 2.00 bits per heavy atom. The zero-order valence-corrected chi connectivity index (χ0v) is 7.58. The fourth-order valence-electron chi connectivity index (χ4n) is 1.21. The molecule has 1 aromatic heterocycles. The summed E-state index contributed by atoms with van der Waals surface area (Å²) in [5, 5.41) is 3.29. The van der Waals surface area contributed by atoms with Gasteiger partial charge in [0.05, 0.1) is 5.69 Å². The van der Waals surface area contributed by atoms with Gasteiger partial charge in [0.2, 0.25) is 5.82 Å². The molecule has 1 amide bonds. The summed E-state index contributed by atoms with van der Waals surface area (Å²) in [7, 11) is 0. The lowest BCUT2D eigenvalue weighted by atomic mass is 10.3. The molecule has 76 valence electrons. The monoisotopic (exact) mass is 205 g/mol. The topological polar surface area (TPSA) is 91.1 Å². The van der Waals surface area contributed by atoms with Crippen molar-refractivity contribution in [1.82, 2.24) is 9.72 Å². The van der Waals surface area contributed by atoms with Crippen molar-refractivity contribution in [2.45, 2.75) is 0 Å². The Morgan fingerprint density at radius 3 is 2.60 bits per heavy atom. The normalized spacial score (nSPS) is 10.1. The zero-order chi connectivity index (χ0) is 10.8. The van der Waals surface area contributed by atoms with E-state index in [9.17, 15) is 9.59 Å². The largest absolute Gasteiger partial charge is 0.446 e. The van der Waals surface area contributed by atoms with Crippen LogP contribution in [0.4, 0.5) is 0 Å². The van der Waals surface area contributed by atoms with Crippen molar-refractivity contribution in [2.24, 2.45) is 5.73 Å². The van der Waals surface area contributed by atoms with Gasteiger partial charge in [-0.15, -0.1) is 0 Å². The molecule has 0 fully saturated rings. The van der Waals surface area contributed by atoms with E-state index in [-0.39, 0.29) is 5.82 Å². The molecule has 6 nitrogen and oxygen atoms in total. The maximum atomic E-state index is 11.3. The van der Waals surface area contributed by atoms with Crippen molar-refractivity contribution >= 4 is 5.91 Å². The maximum absolute atomic E-state index is 11.3. The predicted molar refractivity (Wildman–Crippen MR) is 50.6 cm³/mol. The highest BCUT2D eigenvalue weighted by atomic mass is 16.5. The van der Waals surface area contributed by atoms with Gasteiger partial charge in [-0.05, 0) is 17.3 Å². The summed E-state index contributed by atoms with van der Waals surface area (Å²) in [6, 6.07) is 8.52. The lowest BCUT2D eigenvalue weighted by Crippen LogP contribution is -2.22. The van der Waals surface area contributed by atoms with Crippen LogP contribution in [0.1, 0.15) is 10.6 Å². The van der Waals surface area contributed by atoms with E-state index in [1.54, 1.807) is 30.3 Å². The van der Waals surface area contributed by atoms with Gasteiger partial charge in [-0.2, -0.15) is 0 Å². The molecule has 2 rings (SSSR count). The Kier molecular flexibility index (Phi) is 2.09. The van der Waals surface area contributed by atoms with Crippen LogP contribution in [0.3, 0.4) is 0 Å². The van der Waals surface area contributed by atoms with Gasteiger partial charge in [0.25, 0.3) is 5.91 Å². The average Bonchev–Trinajstić information content (AvgIpc) is 2.61. The van der Waals surface area contributed by atoms with Crippen molar-refractivity contribution in [1.29, 1.82) is 0 Å². The Morgan fingerprint density at radius 1 is 1.33 bits per heavy atom. The zero-order valence-electron chi connectivity index (χ0n) is 7.58. The second-order valence-corrected chi connectivity index (χ2v) is 2.81. The van der Waals surface area contributed by atoms with Crippen LogP contribution in [-0.2, 0) is 0 Å². The standard InChI is InChI=1S/C9H7N3O3/c10-7(13)8-11-15-9(14)12(8)6-4-2-1-3-5-6/h1-5H,(H2,10,13). The average molecular weight is 205 g/mol. The highest BCUT2D eigenvalue weighted by molar-refractivity contribution is 5.89. The second-order valence-electron chi connectivity index (χ2n) is 2.81. The number of primary amides is 1. The summed E-state index contributed by atoms with van der Waals surface area (Å²) < 4.78 is 5.38. The van der Waals surface area contributed by atoms with Crippen molar-refractivity contribution < 1.29 is 9.32 Å². The Balaban J connectivity index is 2.67. The number of nitrogens with zero attached hydrogens (tertiary/aromatic N) is 2. The molecule has 15 heavy (non-hydrogen) atoms. The fourth-order valence-corrected chi connectivity index (χ4v) is 1.21. The lowest BCUT2D eigenvalue weighted by Gasteiger charge is -2.00. The summed E-state index contributed by atoms with van der Waals surface area (Å²) in [5.74, 6) is -1.77. The van der Waals surface area contributed by atoms with Crippen LogP contribution in [0.5, 0.6) is 0 Å². The predicted octanol–water partition coefficient (Wildman–Crippen LogP) is -0.0756. The number of nitrogens with two attached hydrogens (primary N) is 1. The molecule has 2 N–H and O–H groups in total. The summed E-state index contributed by atoms with van der Waals surface area (Å²) >= 11 is 0. The van der Waals surface area contributed by atoms with Gasteiger partial charge in [-0.3, -0.25) is 9.32 Å². The van der Waals surface area contributed by atoms with Gasteiger partial charge in [0.15, 0.2) is 0 Å². The minimum atomic E-state index is -0.815. The quantitative estimate of drug-likeness (QED) is 0.742. The van der Waals surface area contributed by atoms with Crippen molar-refractivity contribution in [3.63, 3.8) is 0 Å². The van der Waals surface area contributed by atoms with Crippen molar-refractivity contribution in [2.75, 3.05) is 0 Å². The van der Waals surface area contributed by atoms with E-state index in [4.69, 9.17) is 5.73 Å². The number of rotatable bonds is 2. The molecule has 0 aliphatic heterocycles. The first-order chi connectivity index (χ1) is 7.20. The van der Waals surface area contributed by atoms with Gasteiger partial charge in [-0.1, -0.05) is 18.2 Å². The molecule has 0 bridgehead atoms. The molecular formula is C9H7N3O3. The van der Waals surface area contributed by atoms with Crippen molar-refractivity contribution in [3.8, 4) is 5.69 Å². The molecule has 0 aliphatic rings. The molecule has 0 spiro atoms. The van der Waals surface area contributed by atoms with Gasteiger partial charge < -0.3 is 5.73 Å². The molecule has 6 heteroatoms. The summed E-state index contributed by atoms with van der Waals surface area (Å²) in [6.45, 7) is 0. The van der Waals surface area contributed by atoms with Gasteiger partial charge in [0.1, 0.15) is 0 Å². The van der Waals surface area contributed by atoms with E-state index in [1.165, 1.54) is 0 Å². The number of aromatic nitrogens is 2. The Hall–Kier alpha value is -2.37. The van der Waals surface area contributed by atoms with Gasteiger partial charge in [-0.25, -0.2) is 9.36 Å². The Bertz CT molecular complexity index is 541. The van der Waals surface area contributed by atoms with Crippen LogP contribution >= 0.6 is 0 Å². The molecule has 0 aliphatic carbocycles. The molecule has 2 aromatic rings. The third kappa shape index (κ3) is 1.52. The molecule has 0 radical (unpaired) electrons. The third-order valence-corrected chi connectivity index (χ3v) is 1.84. The number of carbonyl (C=O) groups is 1. The maximum Gasteiger partial charge on any atom is 0.446 e. The summed E-state index contributed by atoms with van der Waals surface area (Å²) in [5.41, 5.74) is 5.53. The van der Waals surface area contributed by atoms with Crippen LogP contribution in [-0.4, -0.2) is 15.6 Å². The number of para-hydroxylation sites is 1. The van der Waals surface area contributed by atoms with E-state index >= 15 is 0 Å². The van der Waals surface area contributed by atoms with E-state index < -0.39 is 11.7 Å². The Labute approximate surface area is 83.9 Å². The van der Waals surface area contributed by atoms with E-state index in [1.807, 2.05) is 0 Å². The highest BCUT2D eigenvalue weighted by Gasteiger charge is 2.16. The van der Waals surface area contributed by atoms with Crippen LogP contribution < -0.4 is 11.5 Å². The van der Waals surface area contributed by atoms with Gasteiger partial charge >= 0.3 is 5.76 Å². The number of benzene rings is 1. The second kappa shape index (κ2) is 3.41. The highest BCUT2D eigenvalue weighted by Crippen LogP contribution is 2.05. The molecule has 1 aromatic carbocycles. The van der Waals surface area contributed by atoms with E-state index in [0.29, 0.717) is 5.69 Å². The minimum Gasteiger partial charge on any atom is -0.363 e. The van der Waals surface area contributed by atoms with E-state index in [0.717, 1.165) is 4.57 Å². The molecular weight excluding hydrogens is 198 g/mol. The molecule has 0 atom stereocenters. The number of carbonyl (C=O) groups excluding carboxylic acids is 1. The fraction of sp³-hybridized carbons (Fsp3) is 0. The van der Waals surface area contributed by atoms with Crippen molar-refractivity contribution in [3.05, 3.63) is 46.7 Å². The number of amides is 1. The third-order valence-electron chi connectivity index (χ3n) is 1.84. The minimum absolute atomic E-state index is 0.216. The molecule has 0 unspecified atom stereocenters. The molecule has 0 saturated heterocycles. The molecule has 0 saturated carbocycles. The number of hydrogen-bond acceptors (Lipinski definition) is 4. The van der Waals surface area contributed by atoms with E-state index in [2.05, 4.69) is 9.68 Å². The van der Waals surface area contributed by atoms with Gasteiger partial charge in [0, 0.05) is 0 Å². The SMILES string of the molecule is NC(=O)c1noc(=O)n1-c1ccccc1. The smallest absolute Gasteiger partial charge is 0.363 e. The summed E-state index contributed by atoms with van der Waals surface area (Å²) in [4.78, 5) is 22.2. The first kappa shape index (κ1) is 9.20. The summed E-state index contributed by atoms with van der Waals surface area (Å²) in [6.07, 6.45) is 0. The first-order valence-corrected chi connectivity index (χ1v) is 4.14. The number of hydrogen-bond donors (Lipinski definition) is 1. The van der Waals surface area contributed by atoms with Crippen LogP contribution in [0.25, 0.3) is 5.69 Å². The van der Waals surface area contributed by atoms with Crippen LogP contribution in [0.15, 0.2) is 39.6 Å². The van der Waals surface area contributed by atoms with Crippen LogP contribution in [0, 0.1) is 0 Å².